The molecule has 0 atom stereocenters. The molecule has 1 aromatic heterocycles. The molecule has 0 aromatic carbocycles. The molecule has 0 saturated heterocycles. The van der Waals surface area contributed by atoms with Gasteiger partial charge in [0, 0.05) is 0 Å². The number of nitrogen functional groups attached to an aromatic ring is 1. The SMILES string of the molecule is Nc1nc(Cl)ccc1NC=O. The number of pyridine rings is 1. The zero-order valence-corrected chi connectivity index (χ0v) is 6.30. The number of hydrogen-bond acceptors (Lipinski definition) is 3. The zero-order valence-electron chi connectivity index (χ0n) is 5.54. The molecule has 1 amide bonds. The van der Waals surface area contributed by atoms with Crippen LogP contribution in [0.5, 0.6) is 0 Å². The number of carbonyl (C=O) groups excluding carboxylic acids is 1. The molecule has 0 bridgehead atoms. The standard InChI is InChI=1S/C6H6ClN3O/c7-5-2-1-4(9-3-11)6(8)10-5/h1-3H,(H2,8,10)(H,9,11). The van der Waals surface area contributed by atoms with E-state index in [2.05, 4.69) is 10.3 Å². The first-order chi connectivity index (χ1) is 5.24. The van der Waals surface area contributed by atoms with Gasteiger partial charge in [-0.3, -0.25) is 4.79 Å². The lowest BCUT2D eigenvalue weighted by Crippen LogP contribution is -2.00. The van der Waals surface area contributed by atoms with Crippen LogP contribution >= 0.6 is 11.6 Å². The third kappa shape index (κ3) is 1.81. The summed E-state index contributed by atoms with van der Waals surface area (Å²) in [4.78, 5) is 13.7. The van der Waals surface area contributed by atoms with E-state index in [1.54, 1.807) is 12.1 Å². The second-order valence-electron chi connectivity index (χ2n) is 1.83. The first-order valence-electron chi connectivity index (χ1n) is 2.86. The van der Waals surface area contributed by atoms with Crippen LogP contribution in [0.2, 0.25) is 5.15 Å². The van der Waals surface area contributed by atoms with E-state index < -0.39 is 0 Å². The second kappa shape index (κ2) is 3.21. The normalized spacial score (nSPS) is 9.18. The summed E-state index contributed by atoms with van der Waals surface area (Å²) in [5.74, 6) is 0.213. The van der Waals surface area contributed by atoms with Gasteiger partial charge in [0.2, 0.25) is 6.41 Å². The fraction of sp³-hybridized carbons (Fsp3) is 0. The Bertz CT molecular complexity index is 277. The number of nitrogens with zero attached hydrogens (tertiary/aromatic N) is 1. The lowest BCUT2D eigenvalue weighted by Gasteiger charge is -2.01. The van der Waals surface area contributed by atoms with E-state index in [-0.39, 0.29) is 5.82 Å². The maximum Gasteiger partial charge on any atom is 0.211 e. The van der Waals surface area contributed by atoms with E-state index in [0.717, 1.165) is 0 Å². The van der Waals surface area contributed by atoms with E-state index in [1.165, 1.54) is 0 Å². The van der Waals surface area contributed by atoms with Crippen LogP contribution in [-0.4, -0.2) is 11.4 Å². The highest BCUT2D eigenvalue weighted by atomic mass is 35.5. The van der Waals surface area contributed by atoms with Crippen LogP contribution in [0.3, 0.4) is 0 Å². The van der Waals surface area contributed by atoms with Crippen molar-refractivity contribution >= 4 is 29.5 Å². The maximum atomic E-state index is 9.98. The van der Waals surface area contributed by atoms with Crippen molar-refractivity contribution in [1.82, 2.24) is 4.98 Å². The maximum absolute atomic E-state index is 9.98. The summed E-state index contributed by atoms with van der Waals surface area (Å²) >= 11 is 5.51. The van der Waals surface area contributed by atoms with Gasteiger partial charge in [0.25, 0.3) is 0 Å². The number of amides is 1. The number of aromatic nitrogens is 1. The first-order valence-corrected chi connectivity index (χ1v) is 3.24. The van der Waals surface area contributed by atoms with Crippen LogP contribution in [0.1, 0.15) is 0 Å². The Hall–Kier alpha value is -1.29. The van der Waals surface area contributed by atoms with Gasteiger partial charge in [0.15, 0.2) is 0 Å². The molecular formula is C6H6ClN3O. The first kappa shape index (κ1) is 7.81. The van der Waals surface area contributed by atoms with Crippen molar-refractivity contribution in [1.29, 1.82) is 0 Å². The minimum absolute atomic E-state index is 0.213. The fourth-order valence-electron chi connectivity index (χ4n) is 0.636. The largest absolute Gasteiger partial charge is 0.382 e. The molecule has 0 radical (unpaired) electrons. The smallest absolute Gasteiger partial charge is 0.211 e. The summed E-state index contributed by atoms with van der Waals surface area (Å²) in [5, 5.41) is 2.68. The molecule has 1 heterocycles. The molecule has 3 N–H and O–H groups in total. The van der Waals surface area contributed by atoms with Crippen molar-refractivity contribution in [2.45, 2.75) is 0 Å². The Balaban J connectivity index is 2.98. The minimum atomic E-state index is 0.213. The molecule has 0 spiro atoms. The van der Waals surface area contributed by atoms with Gasteiger partial charge in [-0.25, -0.2) is 4.98 Å². The Morgan fingerprint density at radius 3 is 2.91 bits per heavy atom. The number of nitrogens with two attached hydrogens (primary N) is 1. The summed E-state index contributed by atoms with van der Waals surface area (Å²) in [6.07, 6.45) is 0.529. The van der Waals surface area contributed by atoms with E-state index in [9.17, 15) is 4.79 Å². The fourth-order valence-corrected chi connectivity index (χ4v) is 0.790. The molecule has 0 aliphatic heterocycles. The molecule has 0 aliphatic rings. The Morgan fingerprint density at radius 1 is 1.64 bits per heavy atom. The quantitative estimate of drug-likeness (QED) is 0.513. The topological polar surface area (TPSA) is 68.0 Å². The van der Waals surface area contributed by atoms with Crippen molar-refractivity contribution in [3.63, 3.8) is 0 Å². The van der Waals surface area contributed by atoms with Crippen LogP contribution in [0, 0.1) is 0 Å². The molecular weight excluding hydrogens is 166 g/mol. The van der Waals surface area contributed by atoms with Crippen LogP contribution in [-0.2, 0) is 4.79 Å². The van der Waals surface area contributed by atoms with Crippen LogP contribution in [0.25, 0.3) is 0 Å². The molecule has 0 fully saturated rings. The average molecular weight is 172 g/mol. The number of nitrogens with one attached hydrogen (secondary N) is 1. The molecule has 11 heavy (non-hydrogen) atoms. The highest BCUT2D eigenvalue weighted by molar-refractivity contribution is 6.29. The van der Waals surface area contributed by atoms with E-state index in [4.69, 9.17) is 17.3 Å². The Kier molecular flexibility index (Phi) is 2.28. The van der Waals surface area contributed by atoms with E-state index >= 15 is 0 Å². The Morgan fingerprint density at radius 2 is 2.36 bits per heavy atom. The number of halogens is 1. The zero-order chi connectivity index (χ0) is 8.27. The number of anilines is 2. The molecule has 58 valence electrons. The van der Waals surface area contributed by atoms with Crippen molar-refractivity contribution in [2.24, 2.45) is 0 Å². The minimum Gasteiger partial charge on any atom is -0.382 e. The number of rotatable bonds is 2. The predicted molar refractivity (Wildman–Crippen MR) is 43.3 cm³/mol. The lowest BCUT2D eigenvalue weighted by atomic mass is 10.4. The summed E-state index contributed by atoms with van der Waals surface area (Å²) in [5.41, 5.74) is 5.85. The van der Waals surface area contributed by atoms with Gasteiger partial charge in [-0.2, -0.15) is 0 Å². The van der Waals surface area contributed by atoms with Gasteiger partial charge in [-0.1, -0.05) is 11.6 Å². The van der Waals surface area contributed by atoms with Gasteiger partial charge < -0.3 is 11.1 Å². The van der Waals surface area contributed by atoms with E-state index in [0.29, 0.717) is 17.3 Å². The van der Waals surface area contributed by atoms with Crippen LogP contribution in [0.4, 0.5) is 11.5 Å². The predicted octanol–water partition coefficient (Wildman–Crippen LogP) is 0.885. The molecule has 0 unspecified atom stereocenters. The number of hydrogen-bond donors (Lipinski definition) is 2. The van der Waals surface area contributed by atoms with Crippen LogP contribution in [0.15, 0.2) is 12.1 Å². The molecule has 1 aromatic rings. The van der Waals surface area contributed by atoms with Crippen molar-refractivity contribution in [3.05, 3.63) is 17.3 Å². The molecule has 4 nitrogen and oxygen atoms in total. The summed E-state index contributed by atoms with van der Waals surface area (Å²) in [6, 6.07) is 3.13. The van der Waals surface area contributed by atoms with Gasteiger partial charge in [-0.05, 0) is 12.1 Å². The highest BCUT2D eigenvalue weighted by Gasteiger charge is 1.98. The molecule has 0 saturated carbocycles. The second-order valence-corrected chi connectivity index (χ2v) is 2.22. The Labute approximate surface area is 68.4 Å². The molecule has 0 aliphatic carbocycles. The van der Waals surface area contributed by atoms with Crippen molar-refractivity contribution in [2.75, 3.05) is 11.1 Å². The van der Waals surface area contributed by atoms with Crippen molar-refractivity contribution < 1.29 is 4.79 Å². The highest BCUT2D eigenvalue weighted by Crippen LogP contribution is 2.17. The molecule has 1 rings (SSSR count). The van der Waals surface area contributed by atoms with Gasteiger partial charge >= 0.3 is 0 Å². The molecule has 5 heteroatoms. The monoisotopic (exact) mass is 171 g/mol. The third-order valence-corrected chi connectivity index (χ3v) is 1.32. The van der Waals surface area contributed by atoms with Gasteiger partial charge in [0.1, 0.15) is 11.0 Å². The van der Waals surface area contributed by atoms with Crippen LogP contribution < -0.4 is 11.1 Å². The van der Waals surface area contributed by atoms with Gasteiger partial charge in [-0.15, -0.1) is 0 Å². The van der Waals surface area contributed by atoms with E-state index in [1.807, 2.05) is 0 Å². The van der Waals surface area contributed by atoms with Gasteiger partial charge in [0.05, 0.1) is 5.69 Å². The lowest BCUT2D eigenvalue weighted by molar-refractivity contribution is -0.105. The summed E-state index contributed by atoms with van der Waals surface area (Å²) in [6.45, 7) is 0. The van der Waals surface area contributed by atoms with Crippen molar-refractivity contribution in [3.8, 4) is 0 Å². The summed E-state index contributed by atoms with van der Waals surface area (Å²) < 4.78 is 0. The average Bonchev–Trinajstić information content (AvgIpc) is 1.95. The number of carbonyl (C=O) groups is 1. The summed E-state index contributed by atoms with van der Waals surface area (Å²) in [7, 11) is 0. The third-order valence-electron chi connectivity index (χ3n) is 1.11.